The fraction of sp³-hybridized carbons (Fsp3) is 0.304. The predicted octanol–water partition coefficient (Wildman–Crippen LogP) is 5.75. The SMILES string of the molecule is CC1(C)CC(=O)C2=C(C1)N(c1ccccc1Br)C(=O)CC2c1ccccc1F. The Hall–Kier alpha value is -2.27. The minimum atomic E-state index is -0.536. The summed E-state index contributed by atoms with van der Waals surface area (Å²) in [7, 11) is 0. The summed E-state index contributed by atoms with van der Waals surface area (Å²) < 4.78 is 15.3. The summed E-state index contributed by atoms with van der Waals surface area (Å²) in [6.45, 7) is 4.06. The molecule has 2 aromatic carbocycles. The molecule has 4 rings (SSSR count). The van der Waals surface area contributed by atoms with Crippen LogP contribution in [0.1, 0.15) is 44.6 Å². The molecule has 1 heterocycles. The second-order valence-electron chi connectivity index (χ2n) is 8.26. The standard InChI is InChI=1S/C23H21BrFNO2/c1-23(2)12-19-22(20(27)13-23)15(14-7-3-5-9-17(14)25)11-21(28)26(19)18-10-6-4-8-16(18)24/h3-10,15H,11-13H2,1-2H3. The van der Waals surface area contributed by atoms with Crippen LogP contribution in [0.5, 0.6) is 0 Å². The summed E-state index contributed by atoms with van der Waals surface area (Å²) in [6, 6.07) is 13.9. The van der Waals surface area contributed by atoms with Gasteiger partial charge in [0.15, 0.2) is 5.78 Å². The van der Waals surface area contributed by atoms with Crippen LogP contribution >= 0.6 is 15.9 Å². The molecule has 1 unspecified atom stereocenters. The summed E-state index contributed by atoms with van der Waals surface area (Å²) in [5.41, 5.74) is 2.17. The van der Waals surface area contributed by atoms with E-state index in [0.29, 0.717) is 29.7 Å². The first-order chi connectivity index (χ1) is 13.3. The Morgan fingerprint density at radius 2 is 1.71 bits per heavy atom. The van der Waals surface area contributed by atoms with Crippen LogP contribution < -0.4 is 4.90 Å². The first-order valence-corrected chi connectivity index (χ1v) is 10.2. The van der Waals surface area contributed by atoms with Gasteiger partial charge in [-0.15, -0.1) is 0 Å². The maximum absolute atomic E-state index is 14.6. The van der Waals surface area contributed by atoms with Crippen LogP contribution in [-0.4, -0.2) is 11.7 Å². The summed E-state index contributed by atoms with van der Waals surface area (Å²) >= 11 is 3.53. The predicted molar refractivity (Wildman–Crippen MR) is 110 cm³/mol. The highest BCUT2D eigenvalue weighted by Crippen LogP contribution is 2.49. The molecule has 0 radical (unpaired) electrons. The van der Waals surface area contributed by atoms with Gasteiger partial charge in [0.25, 0.3) is 0 Å². The number of carbonyl (C=O) groups excluding carboxylic acids is 2. The minimum Gasteiger partial charge on any atom is -0.294 e. The number of amides is 1. The molecule has 0 aromatic heterocycles. The number of nitrogens with zero attached hydrogens (tertiary/aromatic N) is 1. The molecule has 1 aliphatic heterocycles. The first kappa shape index (κ1) is 19.1. The Bertz CT molecular complexity index is 1010. The third-order valence-electron chi connectivity index (χ3n) is 5.52. The number of hydrogen-bond donors (Lipinski definition) is 0. The second-order valence-corrected chi connectivity index (χ2v) is 9.11. The van der Waals surface area contributed by atoms with Gasteiger partial charge in [-0.1, -0.05) is 44.2 Å². The van der Waals surface area contributed by atoms with Gasteiger partial charge >= 0.3 is 0 Å². The van der Waals surface area contributed by atoms with Gasteiger partial charge in [0.2, 0.25) is 5.91 Å². The number of hydrogen-bond acceptors (Lipinski definition) is 2. The van der Waals surface area contributed by atoms with Gasteiger partial charge in [0.1, 0.15) is 5.82 Å². The van der Waals surface area contributed by atoms with E-state index >= 15 is 0 Å². The lowest BCUT2D eigenvalue weighted by molar-refractivity contribution is -0.121. The van der Waals surface area contributed by atoms with E-state index in [1.165, 1.54) is 6.07 Å². The lowest BCUT2D eigenvalue weighted by Crippen LogP contribution is -2.44. The van der Waals surface area contributed by atoms with E-state index in [0.717, 1.165) is 10.2 Å². The summed E-state index contributed by atoms with van der Waals surface area (Å²) in [4.78, 5) is 28.1. The Morgan fingerprint density at radius 1 is 1.04 bits per heavy atom. The third kappa shape index (κ3) is 3.22. The number of rotatable bonds is 2. The summed E-state index contributed by atoms with van der Waals surface area (Å²) in [5, 5.41) is 0. The Balaban J connectivity index is 1.94. The highest BCUT2D eigenvalue weighted by Gasteiger charge is 2.45. The fourth-order valence-electron chi connectivity index (χ4n) is 4.35. The van der Waals surface area contributed by atoms with Crippen LogP contribution in [0.25, 0.3) is 0 Å². The van der Waals surface area contributed by atoms with Crippen molar-refractivity contribution in [2.45, 2.75) is 39.0 Å². The molecule has 0 fully saturated rings. The van der Waals surface area contributed by atoms with Crippen LogP contribution in [0.15, 0.2) is 64.3 Å². The Kier molecular flexibility index (Phi) is 4.74. The maximum atomic E-state index is 14.6. The zero-order valence-electron chi connectivity index (χ0n) is 15.8. The van der Waals surface area contributed by atoms with Crippen molar-refractivity contribution in [3.05, 3.63) is 75.7 Å². The number of para-hydroxylation sites is 1. The van der Waals surface area contributed by atoms with Crippen LogP contribution in [0.2, 0.25) is 0 Å². The molecule has 28 heavy (non-hydrogen) atoms. The number of halogens is 2. The lowest BCUT2D eigenvalue weighted by Gasteiger charge is -2.43. The molecule has 3 nitrogen and oxygen atoms in total. The molecule has 1 atom stereocenters. The van der Waals surface area contributed by atoms with Gasteiger partial charge in [-0.05, 0) is 51.5 Å². The molecular weight excluding hydrogens is 421 g/mol. The Morgan fingerprint density at radius 3 is 2.43 bits per heavy atom. The van der Waals surface area contributed by atoms with E-state index in [-0.39, 0.29) is 29.3 Å². The van der Waals surface area contributed by atoms with Gasteiger partial charge in [-0.25, -0.2) is 4.39 Å². The first-order valence-electron chi connectivity index (χ1n) is 9.37. The number of allylic oxidation sites excluding steroid dienone is 2. The molecule has 144 valence electrons. The molecule has 0 N–H and O–H groups in total. The van der Waals surface area contributed by atoms with Gasteiger partial charge in [0.05, 0.1) is 5.69 Å². The van der Waals surface area contributed by atoms with Crippen molar-refractivity contribution in [2.24, 2.45) is 5.41 Å². The topological polar surface area (TPSA) is 37.4 Å². The zero-order valence-corrected chi connectivity index (χ0v) is 17.4. The summed E-state index contributed by atoms with van der Waals surface area (Å²) in [6.07, 6.45) is 1.06. The van der Waals surface area contributed by atoms with E-state index in [4.69, 9.17) is 0 Å². The van der Waals surface area contributed by atoms with Crippen molar-refractivity contribution in [3.8, 4) is 0 Å². The highest BCUT2D eigenvalue weighted by molar-refractivity contribution is 9.10. The molecule has 5 heteroatoms. The van der Waals surface area contributed by atoms with Crippen molar-refractivity contribution < 1.29 is 14.0 Å². The second kappa shape index (κ2) is 6.96. The van der Waals surface area contributed by atoms with Crippen LogP contribution in [0, 0.1) is 11.2 Å². The van der Waals surface area contributed by atoms with Crippen LogP contribution in [0.4, 0.5) is 10.1 Å². The highest BCUT2D eigenvalue weighted by atomic mass is 79.9. The molecule has 0 saturated carbocycles. The molecule has 0 spiro atoms. The quantitative estimate of drug-likeness (QED) is 0.594. The average Bonchev–Trinajstić information content (AvgIpc) is 2.61. The van der Waals surface area contributed by atoms with Gasteiger partial charge in [0, 0.05) is 34.5 Å². The largest absolute Gasteiger partial charge is 0.294 e. The zero-order chi connectivity index (χ0) is 20.1. The van der Waals surface area contributed by atoms with Crippen molar-refractivity contribution in [1.82, 2.24) is 0 Å². The average molecular weight is 442 g/mol. The molecule has 0 bridgehead atoms. The smallest absolute Gasteiger partial charge is 0.232 e. The van der Waals surface area contributed by atoms with Crippen LogP contribution in [-0.2, 0) is 9.59 Å². The number of benzene rings is 2. The fourth-order valence-corrected chi connectivity index (χ4v) is 4.81. The molecule has 2 aliphatic rings. The van der Waals surface area contributed by atoms with Gasteiger partial charge in [-0.2, -0.15) is 0 Å². The van der Waals surface area contributed by atoms with E-state index in [2.05, 4.69) is 15.9 Å². The van der Waals surface area contributed by atoms with Gasteiger partial charge < -0.3 is 0 Å². The minimum absolute atomic E-state index is 0.00376. The van der Waals surface area contributed by atoms with Crippen LogP contribution in [0.3, 0.4) is 0 Å². The van der Waals surface area contributed by atoms with E-state index in [1.54, 1.807) is 23.1 Å². The van der Waals surface area contributed by atoms with Crippen molar-refractivity contribution in [1.29, 1.82) is 0 Å². The number of Topliss-reactive ketones (excluding diaryl/α,β-unsaturated/α-hetero) is 1. The van der Waals surface area contributed by atoms with Gasteiger partial charge in [-0.3, -0.25) is 14.5 Å². The molecule has 1 amide bonds. The molecule has 1 aliphatic carbocycles. The van der Waals surface area contributed by atoms with Crippen molar-refractivity contribution >= 4 is 33.3 Å². The summed E-state index contributed by atoms with van der Waals surface area (Å²) in [5.74, 6) is -1.03. The maximum Gasteiger partial charge on any atom is 0.232 e. The normalized spacial score (nSPS) is 21.7. The van der Waals surface area contributed by atoms with E-state index in [9.17, 15) is 14.0 Å². The molecular formula is C23H21BrFNO2. The number of ketones is 1. The lowest BCUT2D eigenvalue weighted by atomic mass is 9.69. The number of carbonyl (C=O) groups is 2. The monoisotopic (exact) mass is 441 g/mol. The molecule has 2 aromatic rings. The number of anilines is 1. The third-order valence-corrected chi connectivity index (χ3v) is 6.19. The van der Waals surface area contributed by atoms with Crippen molar-refractivity contribution in [3.63, 3.8) is 0 Å². The Labute approximate surface area is 172 Å². The van der Waals surface area contributed by atoms with E-state index in [1.807, 2.05) is 38.1 Å². The van der Waals surface area contributed by atoms with E-state index < -0.39 is 5.92 Å². The molecule has 0 saturated heterocycles. The van der Waals surface area contributed by atoms with Crippen molar-refractivity contribution in [2.75, 3.05) is 4.90 Å².